The molecule has 2 fully saturated rings. The number of hydrogen-bond acceptors (Lipinski definition) is 5. The van der Waals surface area contributed by atoms with Gasteiger partial charge in [-0.2, -0.15) is 5.10 Å². The van der Waals surface area contributed by atoms with Crippen LogP contribution in [0.1, 0.15) is 39.8 Å². The Bertz CT molecular complexity index is 695. The highest BCUT2D eigenvalue weighted by molar-refractivity contribution is 7.12. The van der Waals surface area contributed by atoms with Gasteiger partial charge in [0.25, 0.3) is 5.91 Å². The third-order valence-electron chi connectivity index (χ3n) is 4.65. The van der Waals surface area contributed by atoms with E-state index in [1.165, 1.54) is 24.2 Å². The summed E-state index contributed by atoms with van der Waals surface area (Å²) in [5, 5.41) is 19.7. The largest absolute Gasteiger partial charge is 0.390 e. The van der Waals surface area contributed by atoms with E-state index >= 15 is 0 Å². The first kappa shape index (κ1) is 15.8. The van der Waals surface area contributed by atoms with Crippen LogP contribution < -0.4 is 0 Å². The minimum Gasteiger partial charge on any atom is -0.390 e. The molecule has 24 heavy (non-hydrogen) atoms. The van der Waals surface area contributed by atoms with Crippen molar-refractivity contribution in [1.29, 1.82) is 0 Å². The van der Waals surface area contributed by atoms with Crippen LogP contribution in [0.15, 0.2) is 23.6 Å². The fraction of sp³-hybridized carbons (Fsp3) is 0.529. The average Bonchev–Trinajstić information content (AvgIpc) is 3.13. The van der Waals surface area contributed by atoms with Gasteiger partial charge < -0.3 is 10.0 Å². The third kappa shape index (κ3) is 3.53. The summed E-state index contributed by atoms with van der Waals surface area (Å²) in [4.78, 5) is 17.2. The minimum atomic E-state index is -0.526. The number of aliphatic hydroxyl groups excluding tert-OH is 1. The molecule has 1 atom stereocenters. The van der Waals surface area contributed by atoms with Crippen molar-refractivity contribution in [1.82, 2.24) is 20.0 Å². The highest BCUT2D eigenvalue weighted by Gasteiger charge is 2.28. The van der Waals surface area contributed by atoms with E-state index in [-0.39, 0.29) is 5.91 Å². The molecule has 0 bridgehead atoms. The van der Waals surface area contributed by atoms with E-state index < -0.39 is 6.10 Å². The summed E-state index contributed by atoms with van der Waals surface area (Å²) in [5.41, 5.74) is 2.25. The molecule has 1 aliphatic carbocycles. The Labute approximate surface area is 145 Å². The van der Waals surface area contributed by atoms with Gasteiger partial charge >= 0.3 is 0 Å². The van der Waals surface area contributed by atoms with E-state index in [2.05, 4.69) is 21.2 Å². The number of nitrogens with one attached hydrogen (secondary N) is 1. The molecule has 2 aromatic rings. The molecule has 3 heterocycles. The van der Waals surface area contributed by atoms with Gasteiger partial charge in [0.05, 0.1) is 16.7 Å². The van der Waals surface area contributed by atoms with E-state index in [1.54, 1.807) is 4.90 Å². The van der Waals surface area contributed by atoms with Gasteiger partial charge in [0.2, 0.25) is 0 Å². The number of H-pyrrole nitrogens is 1. The molecule has 0 spiro atoms. The first-order valence-corrected chi connectivity index (χ1v) is 9.34. The Hall–Kier alpha value is -1.70. The lowest BCUT2D eigenvalue weighted by molar-refractivity contribution is 0.0667. The molecule has 1 amide bonds. The van der Waals surface area contributed by atoms with Crippen LogP contribution in [0.25, 0.3) is 0 Å². The summed E-state index contributed by atoms with van der Waals surface area (Å²) in [6, 6.07) is 5.86. The second kappa shape index (κ2) is 6.66. The molecule has 2 aromatic heterocycles. The Morgan fingerprint density at radius 1 is 1.38 bits per heavy atom. The number of hydrogen-bond donors (Lipinski definition) is 2. The van der Waals surface area contributed by atoms with Gasteiger partial charge in [-0.3, -0.25) is 14.8 Å². The summed E-state index contributed by atoms with van der Waals surface area (Å²) in [6.07, 6.45) is 1.96. The second-order valence-electron chi connectivity index (χ2n) is 6.71. The molecule has 128 valence electrons. The van der Waals surface area contributed by atoms with E-state index in [9.17, 15) is 9.90 Å². The third-order valence-corrected chi connectivity index (χ3v) is 5.50. The first-order valence-electron chi connectivity index (χ1n) is 8.46. The Morgan fingerprint density at radius 2 is 2.25 bits per heavy atom. The Balaban J connectivity index is 1.38. The van der Waals surface area contributed by atoms with Crippen molar-refractivity contribution in [3.8, 4) is 0 Å². The average molecular weight is 346 g/mol. The number of β-amino-alcohol motifs (C(OH)–C–C–N with tert-alkyl or cyclic N) is 1. The standard InChI is InChI=1S/C17H22N4O2S/c22-14-10-20(9-13-8-15(19-18-13)12-3-4-12)5-6-21(11-14)17(23)16-2-1-7-24-16/h1-2,7-8,12,14,22H,3-6,9-11H2,(H,18,19). The van der Waals surface area contributed by atoms with E-state index in [0.717, 1.165) is 29.4 Å². The normalized spacial score (nSPS) is 22.5. The number of aromatic nitrogens is 2. The molecule has 0 radical (unpaired) electrons. The molecule has 1 unspecified atom stereocenters. The number of amides is 1. The topological polar surface area (TPSA) is 72.5 Å². The maximum absolute atomic E-state index is 12.5. The SMILES string of the molecule is O=C(c1cccs1)N1CCN(Cc2cc(C3CC3)n[nH]2)CC(O)C1. The van der Waals surface area contributed by atoms with Gasteiger partial charge in [0.1, 0.15) is 0 Å². The molecule has 7 heteroatoms. The fourth-order valence-electron chi connectivity index (χ4n) is 3.23. The number of carbonyl (C=O) groups excluding carboxylic acids is 1. The van der Waals surface area contributed by atoms with Crippen LogP contribution in [0.2, 0.25) is 0 Å². The van der Waals surface area contributed by atoms with Crippen LogP contribution in [0.5, 0.6) is 0 Å². The zero-order valence-corrected chi connectivity index (χ0v) is 14.3. The monoisotopic (exact) mass is 346 g/mol. The smallest absolute Gasteiger partial charge is 0.264 e. The van der Waals surface area contributed by atoms with Crippen LogP contribution in [-0.2, 0) is 6.54 Å². The Kier molecular flexibility index (Phi) is 4.39. The van der Waals surface area contributed by atoms with Crippen molar-refractivity contribution in [3.63, 3.8) is 0 Å². The minimum absolute atomic E-state index is 0.0171. The predicted octanol–water partition coefficient (Wildman–Crippen LogP) is 1.67. The molecular weight excluding hydrogens is 324 g/mol. The maximum Gasteiger partial charge on any atom is 0.264 e. The zero-order valence-electron chi connectivity index (χ0n) is 13.5. The fourth-order valence-corrected chi connectivity index (χ4v) is 3.92. The van der Waals surface area contributed by atoms with Gasteiger partial charge in [0.15, 0.2) is 0 Å². The number of aromatic amines is 1. The molecule has 1 saturated heterocycles. The van der Waals surface area contributed by atoms with Crippen molar-refractivity contribution >= 4 is 17.2 Å². The lowest BCUT2D eigenvalue weighted by Gasteiger charge is -2.21. The van der Waals surface area contributed by atoms with Crippen molar-refractivity contribution in [3.05, 3.63) is 39.8 Å². The van der Waals surface area contributed by atoms with Gasteiger partial charge in [-0.05, 0) is 30.4 Å². The van der Waals surface area contributed by atoms with Crippen LogP contribution >= 0.6 is 11.3 Å². The summed E-state index contributed by atoms with van der Waals surface area (Å²) >= 11 is 1.45. The molecular formula is C17H22N4O2S. The van der Waals surface area contributed by atoms with E-state index in [0.29, 0.717) is 25.6 Å². The van der Waals surface area contributed by atoms with Crippen LogP contribution in [0.3, 0.4) is 0 Å². The maximum atomic E-state index is 12.5. The van der Waals surface area contributed by atoms with Crippen molar-refractivity contribution in [2.24, 2.45) is 0 Å². The highest BCUT2D eigenvalue weighted by atomic mass is 32.1. The molecule has 6 nitrogen and oxygen atoms in total. The number of rotatable bonds is 4. The number of aliphatic hydroxyl groups is 1. The summed E-state index contributed by atoms with van der Waals surface area (Å²) in [7, 11) is 0. The lowest BCUT2D eigenvalue weighted by atomic mass is 10.2. The molecule has 0 aromatic carbocycles. The summed E-state index contributed by atoms with van der Waals surface area (Å²) < 4.78 is 0. The quantitative estimate of drug-likeness (QED) is 0.883. The van der Waals surface area contributed by atoms with Gasteiger partial charge in [-0.1, -0.05) is 6.07 Å². The summed E-state index contributed by atoms with van der Waals surface area (Å²) in [6.45, 7) is 3.09. The van der Waals surface area contributed by atoms with Crippen LogP contribution in [-0.4, -0.2) is 63.3 Å². The second-order valence-corrected chi connectivity index (χ2v) is 7.66. The van der Waals surface area contributed by atoms with Crippen molar-refractivity contribution in [2.75, 3.05) is 26.2 Å². The first-order chi connectivity index (χ1) is 11.7. The molecule has 2 aliphatic rings. The molecule has 2 N–H and O–H groups in total. The van der Waals surface area contributed by atoms with Gasteiger partial charge in [0, 0.05) is 44.3 Å². The Morgan fingerprint density at radius 3 is 3.00 bits per heavy atom. The number of thiophene rings is 1. The number of nitrogens with zero attached hydrogens (tertiary/aromatic N) is 3. The summed E-state index contributed by atoms with van der Waals surface area (Å²) in [5.74, 6) is 0.659. The molecule has 1 aliphatic heterocycles. The van der Waals surface area contributed by atoms with Gasteiger partial charge in [-0.25, -0.2) is 0 Å². The van der Waals surface area contributed by atoms with Crippen molar-refractivity contribution in [2.45, 2.75) is 31.4 Å². The highest BCUT2D eigenvalue weighted by Crippen LogP contribution is 2.39. The number of carbonyl (C=O) groups is 1. The van der Waals surface area contributed by atoms with Crippen molar-refractivity contribution < 1.29 is 9.90 Å². The van der Waals surface area contributed by atoms with E-state index in [4.69, 9.17) is 0 Å². The zero-order chi connectivity index (χ0) is 16.5. The predicted molar refractivity (Wildman–Crippen MR) is 92.1 cm³/mol. The molecule has 1 saturated carbocycles. The van der Waals surface area contributed by atoms with E-state index in [1.807, 2.05) is 17.5 Å². The van der Waals surface area contributed by atoms with Gasteiger partial charge in [-0.15, -0.1) is 11.3 Å². The molecule has 4 rings (SSSR count). The van der Waals surface area contributed by atoms with Crippen LogP contribution in [0, 0.1) is 0 Å². The van der Waals surface area contributed by atoms with Crippen LogP contribution in [0.4, 0.5) is 0 Å². The lowest BCUT2D eigenvalue weighted by Crippen LogP contribution is -2.37.